The highest BCUT2D eigenvalue weighted by atomic mass is 16.7. The first kappa shape index (κ1) is 39.2. The molecule has 0 aromatic rings. The van der Waals surface area contributed by atoms with E-state index >= 15 is 0 Å². The van der Waals surface area contributed by atoms with Crippen molar-refractivity contribution in [3.63, 3.8) is 0 Å². The fourth-order valence-electron chi connectivity index (χ4n) is 5.36. The molecule has 0 aromatic heterocycles. The van der Waals surface area contributed by atoms with E-state index in [1.165, 1.54) is 77.0 Å². The van der Waals surface area contributed by atoms with Gasteiger partial charge in [0.2, 0.25) is 5.91 Å². The van der Waals surface area contributed by atoms with Crippen LogP contribution in [0, 0.1) is 0 Å². The molecule has 1 saturated heterocycles. The van der Waals surface area contributed by atoms with Crippen molar-refractivity contribution in [1.29, 1.82) is 0 Å². The maximum absolute atomic E-state index is 12.7. The van der Waals surface area contributed by atoms with Crippen molar-refractivity contribution >= 4 is 5.91 Å². The zero-order chi connectivity index (χ0) is 30.8. The summed E-state index contributed by atoms with van der Waals surface area (Å²) in [6.45, 7) is 4.74. The van der Waals surface area contributed by atoms with Gasteiger partial charge in [-0.3, -0.25) is 4.79 Å². The van der Waals surface area contributed by atoms with E-state index in [0.29, 0.717) is 13.0 Å². The monoisotopic (exact) mass is 603 g/mol. The smallest absolute Gasteiger partial charge is 0.220 e. The summed E-state index contributed by atoms with van der Waals surface area (Å²) in [5.41, 5.74) is 0. The SMILES string of the molecule is CCCCCCCCCCCCCCCCCC(=O)N[C@H](COCCCCCC)CO[C@@H]1O[C@H](CO)[C@H](O)[C@H](O)[C@H]1O. The fourth-order valence-corrected chi connectivity index (χ4v) is 5.36. The van der Waals surface area contributed by atoms with Gasteiger partial charge in [-0.2, -0.15) is 0 Å². The summed E-state index contributed by atoms with van der Waals surface area (Å²) in [4.78, 5) is 12.7. The second-order valence-electron chi connectivity index (χ2n) is 12.1. The Balaban J connectivity index is 2.25. The van der Waals surface area contributed by atoms with Crippen LogP contribution in [0.1, 0.15) is 142 Å². The third kappa shape index (κ3) is 18.8. The standard InChI is InChI=1S/C33H65NO8/c1-3-5-7-9-10-11-12-13-14-15-16-17-18-19-20-22-29(36)34-27(25-40-23-21-8-6-4-2)26-41-33-32(39)31(38)30(37)28(24-35)42-33/h27-28,30-33,35,37-39H,3-26H2,1-2H3,(H,34,36)/t27-,28-,30+,31+,32-,33-/m1/s1. The molecule has 0 unspecified atom stereocenters. The molecule has 5 N–H and O–H groups in total. The molecule has 0 radical (unpaired) electrons. The van der Waals surface area contributed by atoms with E-state index in [1.54, 1.807) is 0 Å². The molecular formula is C33H65NO8. The van der Waals surface area contributed by atoms with E-state index in [2.05, 4.69) is 19.2 Å². The Bertz CT molecular complexity index is 623. The van der Waals surface area contributed by atoms with Crippen molar-refractivity contribution in [2.45, 2.75) is 179 Å². The lowest BCUT2D eigenvalue weighted by Gasteiger charge is -2.40. The molecule has 1 aliphatic heterocycles. The number of aliphatic hydroxyl groups is 4. The molecule has 42 heavy (non-hydrogen) atoms. The van der Waals surface area contributed by atoms with Crippen LogP contribution < -0.4 is 5.32 Å². The highest BCUT2D eigenvalue weighted by molar-refractivity contribution is 5.76. The van der Waals surface area contributed by atoms with Crippen LogP contribution in [-0.4, -0.2) is 89.5 Å². The van der Waals surface area contributed by atoms with Gasteiger partial charge in [0, 0.05) is 13.0 Å². The van der Waals surface area contributed by atoms with Crippen LogP contribution in [-0.2, 0) is 19.0 Å². The van der Waals surface area contributed by atoms with Crippen LogP contribution in [0.15, 0.2) is 0 Å². The van der Waals surface area contributed by atoms with Gasteiger partial charge in [0.25, 0.3) is 0 Å². The van der Waals surface area contributed by atoms with Gasteiger partial charge in [-0.25, -0.2) is 0 Å². The van der Waals surface area contributed by atoms with Gasteiger partial charge in [-0.15, -0.1) is 0 Å². The molecule has 1 rings (SSSR count). The number of hydrogen-bond acceptors (Lipinski definition) is 8. The number of ether oxygens (including phenoxy) is 3. The first-order valence-corrected chi connectivity index (χ1v) is 17.2. The highest BCUT2D eigenvalue weighted by Crippen LogP contribution is 2.22. The number of amides is 1. The van der Waals surface area contributed by atoms with Crippen molar-refractivity contribution < 1.29 is 39.4 Å². The zero-order valence-electron chi connectivity index (χ0n) is 26.9. The summed E-state index contributed by atoms with van der Waals surface area (Å²) in [6, 6.07) is -0.451. The van der Waals surface area contributed by atoms with E-state index in [9.17, 15) is 25.2 Å². The van der Waals surface area contributed by atoms with Crippen LogP contribution in [0.3, 0.4) is 0 Å². The van der Waals surface area contributed by atoms with E-state index in [-0.39, 0.29) is 19.1 Å². The minimum Gasteiger partial charge on any atom is -0.394 e. The molecule has 0 saturated carbocycles. The van der Waals surface area contributed by atoms with Crippen LogP contribution in [0.2, 0.25) is 0 Å². The maximum atomic E-state index is 12.7. The molecule has 1 amide bonds. The summed E-state index contributed by atoms with van der Waals surface area (Å²) in [5.74, 6) is -0.0679. The number of unbranched alkanes of at least 4 members (excludes halogenated alkanes) is 17. The minimum atomic E-state index is -1.51. The second-order valence-corrected chi connectivity index (χ2v) is 12.1. The molecular weight excluding hydrogens is 538 g/mol. The predicted octanol–water partition coefficient (Wildman–Crippen LogP) is 5.15. The predicted molar refractivity (Wildman–Crippen MR) is 166 cm³/mol. The summed E-state index contributed by atoms with van der Waals surface area (Å²) in [5, 5.41) is 42.6. The van der Waals surface area contributed by atoms with Crippen LogP contribution in [0.4, 0.5) is 0 Å². The van der Waals surface area contributed by atoms with Crippen molar-refractivity contribution in [3.05, 3.63) is 0 Å². The molecule has 1 aliphatic rings. The van der Waals surface area contributed by atoms with Gasteiger partial charge in [0.15, 0.2) is 6.29 Å². The summed E-state index contributed by atoms with van der Waals surface area (Å²) in [6.07, 6.45) is 17.2. The minimum absolute atomic E-state index is 0.00223. The van der Waals surface area contributed by atoms with Crippen LogP contribution >= 0.6 is 0 Å². The molecule has 250 valence electrons. The van der Waals surface area contributed by atoms with Crippen molar-refractivity contribution in [3.8, 4) is 0 Å². The number of carbonyl (C=O) groups is 1. The topological polar surface area (TPSA) is 138 Å². The third-order valence-electron chi connectivity index (χ3n) is 8.14. The van der Waals surface area contributed by atoms with E-state index < -0.39 is 43.4 Å². The Kier molecular flexibility index (Phi) is 24.8. The zero-order valence-corrected chi connectivity index (χ0v) is 26.9. The number of nitrogens with one attached hydrogen (secondary N) is 1. The average molecular weight is 604 g/mol. The number of hydrogen-bond donors (Lipinski definition) is 5. The molecule has 9 heteroatoms. The summed E-state index contributed by atoms with van der Waals surface area (Å²) >= 11 is 0. The number of rotatable bonds is 28. The van der Waals surface area contributed by atoms with Gasteiger partial charge in [-0.1, -0.05) is 123 Å². The molecule has 0 aliphatic carbocycles. The molecule has 1 fully saturated rings. The fraction of sp³-hybridized carbons (Fsp3) is 0.970. The molecule has 0 bridgehead atoms. The van der Waals surface area contributed by atoms with E-state index in [4.69, 9.17) is 14.2 Å². The molecule has 0 aromatic carbocycles. The first-order chi connectivity index (χ1) is 20.4. The number of carbonyl (C=O) groups excluding carboxylic acids is 1. The van der Waals surface area contributed by atoms with Crippen molar-refractivity contribution in [2.24, 2.45) is 0 Å². The van der Waals surface area contributed by atoms with Gasteiger partial charge >= 0.3 is 0 Å². The summed E-state index contributed by atoms with van der Waals surface area (Å²) in [7, 11) is 0. The van der Waals surface area contributed by atoms with Gasteiger partial charge < -0.3 is 40.0 Å². The molecule has 1 heterocycles. The van der Waals surface area contributed by atoms with Crippen LogP contribution in [0.5, 0.6) is 0 Å². The lowest BCUT2D eigenvalue weighted by atomic mass is 9.99. The number of aliphatic hydroxyl groups excluding tert-OH is 4. The Morgan fingerprint density at radius 1 is 0.690 bits per heavy atom. The van der Waals surface area contributed by atoms with Crippen molar-refractivity contribution in [1.82, 2.24) is 5.32 Å². The lowest BCUT2D eigenvalue weighted by Crippen LogP contribution is -2.59. The van der Waals surface area contributed by atoms with Gasteiger partial charge in [0.05, 0.1) is 25.9 Å². The molecule has 0 spiro atoms. The maximum Gasteiger partial charge on any atom is 0.220 e. The Labute approximate surface area is 256 Å². The molecule has 6 atom stereocenters. The van der Waals surface area contributed by atoms with E-state index in [0.717, 1.165) is 44.9 Å². The van der Waals surface area contributed by atoms with Crippen LogP contribution in [0.25, 0.3) is 0 Å². The van der Waals surface area contributed by atoms with Gasteiger partial charge in [0.1, 0.15) is 24.4 Å². The van der Waals surface area contributed by atoms with E-state index in [1.807, 2.05) is 0 Å². The highest BCUT2D eigenvalue weighted by Gasteiger charge is 2.44. The Morgan fingerprint density at radius 3 is 1.71 bits per heavy atom. The largest absolute Gasteiger partial charge is 0.394 e. The third-order valence-corrected chi connectivity index (χ3v) is 8.14. The normalized spacial score (nSPS) is 23.2. The van der Waals surface area contributed by atoms with Crippen molar-refractivity contribution in [2.75, 3.05) is 26.4 Å². The van der Waals surface area contributed by atoms with Gasteiger partial charge in [-0.05, 0) is 12.8 Å². The molecule has 9 nitrogen and oxygen atoms in total. The second kappa shape index (κ2) is 26.6. The Hall–Kier alpha value is -0.810. The Morgan fingerprint density at radius 2 is 1.19 bits per heavy atom. The quantitative estimate of drug-likeness (QED) is 0.0775. The first-order valence-electron chi connectivity index (χ1n) is 17.2. The average Bonchev–Trinajstić information content (AvgIpc) is 2.99. The lowest BCUT2D eigenvalue weighted by molar-refractivity contribution is -0.302. The summed E-state index contributed by atoms with van der Waals surface area (Å²) < 4.78 is 16.9.